The predicted octanol–water partition coefficient (Wildman–Crippen LogP) is 1.66. The average molecular weight is 266 g/mol. The summed E-state index contributed by atoms with van der Waals surface area (Å²) in [7, 11) is 0. The van der Waals surface area contributed by atoms with E-state index in [1.807, 2.05) is 0 Å². The quantitative estimate of drug-likeness (QED) is 0.645. The van der Waals surface area contributed by atoms with Crippen LogP contribution in [0.2, 0.25) is 0 Å². The summed E-state index contributed by atoms with van der Waals surface area (Å²) in [5, 5.41) is 9.18. The van der Waals surface area contributed by atoms with Gasteiger partial charge < -0.3 is 14.5 Å². The number of thioether (sulfide) groups is 1. The van der Waals surface area contributed by atoms with E-state index in [0.717, 1.165) is 0 Å². The number of rotatable bonds is 4. The molecule has 2 heterocycles. The molecule has 94 valence electrons. The van der Waals surface area contributed by atoms with Crippen LogP contribution < -0.4 is 5.56 Å². The van der Waals surface area contributed by atoms with E-state index in [-0.39, 0.29) is 11.3 Å². The van der Waals surface area contributed by atoms with E-state index in [0.29, 0.717) is 22.4 Å². The number of nitrogens with one attached hydrogen (secondary N) is 1. The van der Waals surface area contributed by atoms with Crippen LogP contribution in [-0.4, -0.2) is 21.0 Å². The van der Waals surface area contributed by atoms with E-state index in [1.54, 1.807) is 13.0 Å². The second-order valence-corrected chi connectivity index (χ2v) is 4.52. The van der Waals surface area contributed by atoms with Gasteiger partial charge in [-0.25, -0.2) is 9.78 Å². The van der Waals surface area contributed by atoms with Crippen LogP contribution in [0.3, 0.4) is 0 Å². The van der Waals surface area contributed by atoms with E-state index >= 15 is 0 Å². The summed E-state index contributed by atoms with van der Waals surface area (Å²) in [4.78, 5) is 28.5. The van der Waals surface area contributed by atoms with Gasteiger partial charge in [-0.3, -0.25) is 4.79 Å². The highest BCUT2D eigenvalue weighted by Crippen LogP contribution is 2.20. The average Bonchev–Trinajstić information content (AvgIpc) is 2.73. The van der Waals surface area contributed by atoms with Gasteiger partial charge in [0, 0.05) is 11.8 Å². The largest absolute Gasteiger partial charge is 0.475 e. The van der Waals surface area contributed by atoms with Crippen LogP contribution >= 0.6 is 11.8 Å². The molecular formula is C11H10N2O4S. The van der Waals surface area contributed by atoms with E-state index in [2.05, 4.69) is 9.97 Å². The van der Waals surface area contributed by atoms with Gasteiger partial charge in [-0.2, -0.15) is 0 Å². The first-order chi connectivity index (χ1) is 8.54. The van der Waals surface area contributed by atoms with Crippen molar-refractivity contribution in [2.45, 2.75) is 17.8 Å². The summed E-state index contributed by atoms with van der Waals surface area (Å²) < 4.78 is 5.09. The molecule has 7 heteroatoms. The molecule has 0 fully saturated rings. The number of carboxylic acid groups (broad SMARTS) is 1. The Kier molecular flexibility index (Phi) is 3.52. The number of nitrogens with zero attached hydrogens (tertiary/aromatic N) is 1. The van der Waals surface area contributed by atoms with E-state index < -0.39 is 5.97 Å². The van der Waals surface area contributed by atoms with E-state index in [4.69, 9.17) is 9.52 Å². The zero-order valence-electron chi connectivity index (χ0n) is 9.47. The fourth-order valence-electron chi connectivity index (χ4n) is 1.33. The normalized spacial score (nSPS) is 10.5. The Labute approximate surface area is 106 Å². The van der Waals surface area contributed by atoms with Gasteiger partial charge in [0.15, 0.2) is 5.16 Å². The smallest absolute Gasteiger partial charge is 0.371 e. The number of aromatic amines is 1. The molecule has 0 bridgehead atoms. The molecule has 2 N–H and O–H groups in total. The molecule has 0 atom stereocenters. The van der Waals surface area contributed by atoms with Crippen molar-refractivity contribution in [3.63, 3.8) is 0 Å². The molecule has 0 saturated heterocycles. The summed E-state index contributed by atoms with van der Waals surface area (Å²) in [6, 6.07) is 4.38. The van der Waals surface area contributed by atoms with Gasteiger partial charge in [-0.15, -0.1) is 0 Å². The van der Waals surface area contributed by atoms with Gasteiger partial charge >= 0.3 is 5.97 Å². The monoisotopic (exact) mass is 266 g/mol. The summed E-state index contributed by atoms with van der Waals surface area (Å²) in [5.41, 5.74) is 0.419. The van der Waals surface area contributed by atoms with Crippen LogP contribution in [0.15, 0.2) is 32.6 Å². The number of hydrogen-bond donors (Lipinski definition) is 2. The highest BCUT2D eigenvalue weighted by molar-refractivity contribution is 7.98. The van der Waals surface area contributed by atoms with Crippen LogP contribution in [0, 0.1) is 6.92 Å². The van der Waals surface area contributed by atoms with Gasteiger partial charge in [0.2, 0.25) is 5.76 Å². The fraction of sp³-hybridized carbons (Fsp3) is 0.182. The van der Waals surface area contributed by atoms with Crippen LogP contribution in [-0.2, 0) is 5.75 Å². The molecule has 0 aliphatic heterocycles. The maximum atomic E-state index is 11.2. The van der Waals surface area contributed by atoms with E-state index in [9.17, 15) is 9.59 Å². The highest BCUT2D eigenvalue weighted by atomic mass is 32.2. The lowest BCUT2D eigenvalue weighted by Gasteiger charge is -1.99. The third kappa shape index (κ3) is 3.01. The minimum atomic E-state index is -1.10. The molecule has 18 heavy (non-hydrogen) atoms. The Hall–Kier alpha value is -2.02. The maximum absolute atomic E-state index is 11.2. The van der Waals surface area contributed by atoms with Gasteiger partial charge in [0.05, 0.1) is 5.75 Å². The second kappa shape index (κ2) is 5.09. The van der Waals surface area contributed by atoms with Gasteiger partial charge in [-0.05, 0) is 19.1 Å². The lowest BCUT2D eigenvalue weighted by molar-refractivity contribution is 0.0661. The van der Waals surface area contributed by atoms with Crippen molar-refractivity contribution >= 4 is 17.7 Å². The lowest BCUT2D eigenvalue weighted by atomic mass is 10.4. The standard InChI is InChI=1S/C11H10N2O4S/c1-6-4-9(14)13-11(12-6)18-5-7-2-3-8(17-7)10(15)16/h2-4H,5H2,1H3,(H,15,16)(H,12,13,14). The third-order valence-corrected chi connectivity index (χ3v) is 2.97. The molecule has 0 aliphatic carbocycles. The number of furan rings is 1. The molecule has 0 amide bonds. The van der Waals surface area contributed by atoms with Crippen LogP contribution in [0.1, 0.15) is 22.0 Å². The zero-order valence-corrected chi connectivity index (χ0v) is 10.3. The molecule has 0 unspecified atom stereocenters. The van der Waals surface area contributed by atoms with Crippen molar-refractivity contribution in [3.8, 4) is 0 Å². The predicted molar refractivity (Wildman–Crippen MR) is 64.8 cm³/mol. The van der Waals surface area contributed by atoms with E-state index in [1.165, 1.54) is 23.9 Å². The molecule has 2 aromatic heterocycles. The van der Waals surface area contributed by atoms with Crippen LogP contribution in [0.25, 0.3) is 0 Å². The Bertz CT molecular complexity index is 632. The summed E-state index contributed by atoms with van der Waals surface area (Å²) in [5.74, 6) is -0.286. The first kappa shape index (κ1) is 12.4. The van der Waals surface area contributed by atoms with Crippen molar-refractivity contribution in [1.82, 2.24) is 9.97 Å². The number of carbonyl (C=O) groups is 1. The van der Waals surface area contributed by atoms with Gasteiger partial charge in [0.25, 0.3) is 5.56 Å². The molecule has 0 aliphatic rings. The maximum Gasteiger partial charge on any atom is 0.371 e. The Morgan fingerprint density at radius 2 is 2.33 bits per heavy atom. The summed E-state index contributed by atoms with van der Waals surface area (Å²) >= 11 is 1.27. The number of H-pyrrole nitrogens is 1. The molecule has 0 radical (unpaired) electrons. The van der Waals surface area contributed by atoms with Crippen molar-refractivity contribution in [3.05, 3.63) is 45.8 Å². The first-order valence-electron chi connectivity index (χ1n) is 5.07. The number of carboxylic acids is 1. The number of aromatic nitrogens is 2. The lowest BCUT2D eigenvalue weighted by Crippen LogP contribution is -2.07. The second-order valence-electron chi connectivity index (χ2n) is 3.55. The third-order valence-electron chi connectivity index (χ3n) is 2.07. The fourth-order valence-corrected chi connectivity index (χ4v) is 2.15. The number of hydrogen-bond acceptors (Lipinski definition) is 5. The minimum absolute atomic E-state index is 0.101. The first-order valence-corrected chi connectivity index (χ1v) is 6.06. The zero-order chi connectivity index (χ0) is 13.1. The highest BCUT2D eigenvalue weighted by Gasteiger charge is 2.09. The minimum Gasteiger partial charge on any atom is -0.475 e. The Morgan fingerprint density at radius 1 is 1.56 bits per heavy atom. The number of aromatic carboxylic acids is 1. The molecule has 0 aromatic carbocycles. The molecule has 2 rings (SSSR count). The molecule has 0 spiro atoms. The van der Waals surface area contributed by atoms with Crippen LogP contribution in [0.5, 0.6) is 0 Å². The van der Waals surface area contributed by atoms with Crippen molar-refractivity contribution < 1.29 is 14.3 Å². The van der Waals surface area contributed by atoms with Crippen molar-refractivity contribution in [2.75, 3.05) is 0 Å². The van der Waals surface area contributed by atoms with Gasteiger partial charge in [0.1, 0.15) is 5.76 Å². The Balaban J connectivity index is 2.06. The van der Waals surface area contributed by atoms with Crippen molar-refractivity contribution in [2.24, 2.45) is 0 Å². The van der Waals surface area contributed by atoms with Crippen molar-refractivity contribution in [1.29, 1.82) is 0 Å². The summed E-state index contributed by atoms with van der Waals surface area (Å²) in [6.45, 7) is 1.73. The van der Waals surface area contributed by atoms with Crippen LogP contribution in [0.4, 0.5) is 0 Å². The number of aryl methyl sites for hydroxylation is 1. The van der Waals surface area contributed by atoms with Gasteiger partial charge in [-0.1, -0.05) is 11.8 Å². The summed E-state index contributed by atoms with van der Waals surface area (Å²) in [6.07, 6.45) is 0. The molecule has 6 nitrogen and oxygen atoms in total. The molecule has 0 saturated carbocycles. The Morgan fingerprint density at radius 3 is 2.94 bits per heavy atom. The topological polar surface area (TPSA) is 96.2 Å². The molecular weight excluding hydrogens is 256 g/mol. The SMILES string of the molecule is Cc1cc(=O)[nH]c(SCc2ccc(C(=O)O)o2)n1. The molecule has 2 aromatic rings.